The molecule has 2 aromatic carbocycles. The van der Waals surface area contributed by atoms with Crippen LogP contribution in [-0.4, -0.2) is 16.8 Å². The van der Waals surface area contributed by atoms with Gasteiger partial charge in [0.25, 0.3) is 5.91 Å². The van der Waals surface area contributed by atoms with Crippen LogP contribution in [0.4, 0.5) is 5.69 Å². The van der Waals surface area contributed by atoms with Crippen LogP contribution in [-0.2, 0) is 16.9 Å². The van der Waals surface area contributed by atoms with Crippen molar-refractivity contribution in [2.75, 3.05) is 4.90 Å². The van der Waals surface area contributed by atoms with Crippen LogP contribution in [0.25, 0.3) is 0 Å². The molecule has 1 aliphatic heterocycles. The number of fused-ring (bicyclic) bond motifs is 1. The van der Waals surface area contributed by atoms with E-state index in [0.29, 0.717) is 32.9 Å². The quantitative estimate of drug-likeness (QED) is 0.364. The highest BCUT2D eigenvalue weighted by Gasteiger charge is 2.51. The number of hydrogen-bond acceptors (Lipinski definition) is 4. The fraction of sp³-hybridized carbons (Fsp3) is 0.280. The van der Waals surface area contributed by atoms with Crippen LogP contribution in [0.5, 0.6) is 0 Å². The second-order valence-electron chi connectivity index (χ2n) is 8.46. The van der Waals surface area contributed by atoms with Crippen molar-refractivity contribution in [2.45, 2.75) is 45.3 Å². The Kier molecular flexibility index (Phi) is 6.34. The summed E-state index contributed by atoms with van der Waals surface area (Å²) < 4.78 is 1.22. The van der Waals surface area contributed by atoms with Gasteiger partial charge in [-0.3, -0.25) is 9.59 Å². The first kappa shape index (κ1) is 23.2. The average molecular weight is 533 g/mol. The van der Waals surface area contributed by atoms with E-state index in [2.05, 4.69) is 48.0 Å². The minimum atomic E-state index is -1.93. The van der Waals surface area contributed by atoms with Crippen LogP contribution >= 0.6 is 38.9 Å². The fourth-order valence-electron chi connectivity index (χ4n) is 4.03. The Balaban J connectivity index is 1.73. The molecule has 0 radical (unpaired) electrons. The second kappa shape index (κ2) is 8.75. The first-order chi connectivity index (χ1) is 15.1. The maximum atomic E-state index is 13.6. The molecule has 1 amide bonds. The standard InChI is InChI=1S/C25H23BrClNO3S/c1-14(2)16-5-4-15(3)17(10-16)13-28-20-7-6-18(26)11-19(20)25(31,24(28)30)12-21(29)22-8-9-23(27)32-22/h4-11,14,31H,12-13H2,1-3H3/t25-/m1/s1. The summed E-state index contributed by atoms with van der Waals surface area (Å²) in [4.78, 5) is 28.5. The average Bonchev–Trinajstić information content (AvgIpc) is 3.26. The van der Waals surface area contributed by atoms with Crippen molar-refractivity contribution in [1.29, 1.82) is 0 Å². The number of ketones is 1. The summed E-state index contributed by atoms with van der Waals surface area (Å²) >= 11 is 10.5. The number of hydrogen-bond donors (Lipinski definition) is 1. The molecule has 4 rings (SSSR count). The Hall–Kier alpha value is -1.99. The molecule has 1 atom stereocenters. The zero-order valence-electron chi connectivity index (χ0n) is 18.0. The molecular weight excluding hydrogens is 510 g/mol. The number of rotatable bonds is 6. The first-order valence-electron chi connectivity index (χ1n) is 10.3. The SMILES string of the molecule is Cc1ccc(C(C)C)cc1CN1C(=O)[C@@](O)(CC(=O)c2ccc(Cl)s2)c2cc(Br)ccc21. The molecular formula is C25H23BrClNO3S. The van der Waals surface area contributed by atoms with E-state index in [4.69, 9.17) is 11.6 Å². The number of Topliss-reactive ketones (excluding diaryl/α,β-unsaturated/α-hetero) is 1. The van der Waals surface area contributed by atoms with Crippen molar-refractivity contribution >= 4 is 56.2 Å². The molecule has 0 bridgehead atoms. The highest BCUT2D eigenvalue weighted by atomic mass is 79.9. The molecule has 2 heterocycles. The lowest BCUT2D eigenvalue weighted by Gasteiger charge is -2.23. The minimum absolute atomic E-state index is 0.316. The number of halogens is 2. The predicted octanol–water partition coefficient (Wildman–Crippen LogP) is 6.60. The number of carbonyl (C=O) groups excluding carboxylic acids is 2. The summed E-state index contributed by atoms with van der Waals surface area (Å²) in [5, 5.41) is 11.6. The molecule has 0 aliphatic carbocycles. The van der Waals surface area contributed by atoms with Crippen LogP contribution in [0.2, 0.25) is 4.34 Å². The van der Waals surface area contributed by atoms with E-state index in [1.54, 1.807) is 23.1 Å². The zero-order chi connectivity index (χ0) is 23.2. The van der Waals surface area contributed by atoms with Gasteiger partial charge in [0.2, 0.25) is 0 Å². The van der Waals surface area contributed by atoms with Crippen molar-refractivity contribution in [3.8, 4) is 0 Å². The number of nitrogens with zero attached hydrogens (tertiary/aromatic N) is 1. The number of anilines is 1. The lowest BCUT2D eigenvalue weighted by molar-refractivity contribution is -0.136. The van der Waals surface area contributed by atoms with Gasteiger partial charge in [0.15, 0.2) is 11.4 Å². The van der Waals surface area contributed by atoms with Gasteiger partial charge in [-0.05, 0) is 59.9 Å². The Morgan fingerprint density at radius 3 is 2.59 bits per heavy atom. The Morgan fingerprint density at radius 1 is 1.19 bits per heavy atom. The smallest absolute Gasteiger partial charge is 0.264 e. The number of benzene rings is 2. The topological polar surface area (TPSA) is 57.6 Å². The third-order valence-corrected chi connectivity index (χ3v) is 7.69. The van der Waals surface area contributed by atoms with E-state index in [9.17, 15) is 14.7 Å². The van der Waals surface area contributed by atoms with Gasteiger partial charge in [-0.2, -0.15) is 0 Å². The molecule has 0 fully saturated rings. The monoisotopic (exact) mass is 531 g/mol. The summed E-state index contributed by atoms with van der Waals surface area (Å²) in [5.41, 5.74) is 2.39. The number of amides is 1. The van der Waals surface area contributed by atoms with Gasteiger partial charge >= 0.3 is 0 Å². The summed E-state index contributed by atoms with van der Waals surface area (Å²) in [5.74, 6) is -0.446. The van der Waals surface area contributed by atoms with Crippen molar-refractivity contribution in [3.05, 3.63) is 84.5 Å². The van der Waals surface area contributed by atoms with Gasteiger partial charge in [-0.1, -0.05) is 59.6 Å². The van der Waals surface area contributed by atoms with E-state index in [0.717, 1.165) is 26.9 Å². The van der Waals surface area contributed by atoms with Gasteiger partial charge in [0.05, 0.1) is 27.9 Å². The molecule has 7 heteroatoms. The molecule has 4 nitrogen and oxygen atoms in total. The van der Waals surface area contributed by atoms with E-state index in [1.807, 2.05) is 19.1 Å². The van der Waals surface area contributed by atoms with Crippen LogP contribution in [0.15, 0.2) is 53.0 Å². The van der Waals surface area contributed by atoms with Gasteiger partial charge in [-0.15, -0.1) is 11.3 Å². The molecule has 0 saturated heterocycles. The highest BCUT2D eigenvalue weighted by molar-refractivity contribution is 9.10. The molecule has 0 unspecified atom stereocenters. The summed E-state index contributed by atoms with van der Waals surface area (Å²) in [6.45, 7) is 6.59. The number of aliphatic hydroxyl groups is 1. The normalized spacial score (nSPS) is 17.8. The Bertz CT molecular complexity index is 1220. The summed E-state index contributed by atoms with van der Waals surface area (Å²) in [6.07, 6.45) is -0.340. The van der Waals surface area contributed by atoms with Gasteiger partial charge in [-0.25, -0.2) is 0 Å². The van der Waals surface area contributed by atoms with Gasteiger partial charge in [0, 0.05) is 10.0 Å². The van der Waals surface area contributed by atoms with Crippen LogP contribution in [0, 0.1) is 6.92 Å². The fourth-order valence-corrected chi connectivity index (χ4v) is 5.37. The number of thiophene rings is 1. The number of aryl methyl sites for hydroxylation is 1. The van der Waals surface area contributed by atoms with Crippen LogP contribution in [0.1, 0.15) is 58.1 Å². The highest BCUT2D eigenvalue weighted by Crippen LogP contribution is 2.45. The second-order valence-corrected chi connectivity index (χ2v) is 11.1. The minimum Gasteiger partial charge on any atom is -0.375 e. The van der Waals surface area contributed by atoms with E-state index in [-0.39, 0.29) is 12.2 Å². The van der Waals surface area contributed by atoms with Gasteiger partial charge in [0.1, 0.15) is 0 Å². The molecule has 1 aromatic heterocycles. The molecule has 3 aromatic rings. The van der Waals surface area contributed by atoms with Gasteiger partial charge < -0.3 is 10.0 Å². The van der Waals surface area contributed by atoms with Crippen molar-refractivity contribution in [1.82, 2.24) is 0 Å². The van der Waals surface area contributed by atoms with Crippen molar-refractivity contribution in [2.24, 2.45) is 0 Å². The third kappa shape index (κ3) is 4.17. The third-order valence-electron chi connectivity index (χ3n) is 5.93. The van der Waals surface area contributed by atoms with Crippen LogP contribution in [0.3, 0.4) is 0 Å². The summed E-state index contributed by atoms with van der Waals surface area (Å²) in [6, 6.07) is 14.9. The molecule has 32 heavy (non-hydrogen) atoms. The van der Waals surface area contributed by atoms with Crippen molar-refractivity contribution < 1.29 is 14.7 Å². The Labute approximate surface area is 205 Å². The number of carbonyl (C=O) groups is 2. The van der Waals surface area contributed by atoms with E-state index >= 15 is 0 Å². The predicted molar refractivity (Wildman–Crippen MR) is 133 cm³/mol. The Morgan fingerprint density at radius 2 is 1.94 bits per heavy atom. The van der Waals surface area contributed by atoms with E-state index in [1.165, 1.54) is 5.56 Å². The molecule has 166 valence electrons. The zero-order valence-corrected chi connectivity index (χ0v) is 21.1. The summed E-state index contributed by atoms with van der Waals surface area (Å²) in [7, 11) is 0. The first-order valence-corrected chi connectivity index (χ1v) is 12.3. The molecule has 1 N–H and O–H groups in total. The maximum absolute atomic E-state index is 13.6. The van der Waals surface area contributed by atoms with Crippen LogP contribution < -0.4 is 4.90 Å². The lowest BCUT2D eigenvalue weighted by atomic mass is 9.89. The molecule has 0 spiro atoms. The van der Waals surface area contributed by atoms with E-state index < -0.39 is 11.5 Å². The molecule has 1 aliphatic rings. The lowest BCUT2D eigenvalue weighted by Crippen LogP contribution is -2.41. The largest absolute Gasteiger partial charge is 0.375 e. The molecule has 0 saturated carbocycles. The van der Waals surface area contributed by atoms with Crippen molar-refractivity contribution in [3.63, 3.8) is 0 Å². The maximum Gasteiger partial charge on any atom is 0.264 e.